The van der Waals surface area contributed by atoms with Crippen molar-refractivity contribution < 1.29 is 10.0 Å². The van der Waals surface area contributed by atoms with Crippen molar-refractivity contribution in [3.05, 3.63) is 0 Å². The van der Waals surface area contributed by atoms with E-state index < -0.39 is 0 Å². The van der Waals surface area contributed by atoms with E-state index in [2.05, 4.69) is 18.7 Å². The van der Waals surface area contributed by atoms with Crippen molar-refractivity contribution in [3.63, 3.8) is 0 Å². The van der Waals surface area contributed by atoms with Crippen LogP contribution in [0.2, 0.25) is 0 Å². The van der Waals surface area contributed by atoms with E-state index in [9.17, 15) is 4.79 Å². The SMILES string of the molecule is CCC(C)C1CCN(C(C)C(=O)NO)CC1. The molecule has 1 rings (SSSR count). The Kier molecular flexibility index (Phi) is 5.22. The highest BCUT2D eigenvalue weighted by molar-refractivity contribution is 5.80. The topological polar surface area (TPSA) is 52.6 Å². The van der Waals surface area contributed by atoms with Gasteiger partial charge in [-0.3, -0.25) is 14.9 Å². The molecule has 4 nitrogen and oxygen atoms in total. The summed E-state index contributed by atoms with van der Waals surface area (Å²) in [5.74, 6) is 1.27. The van der Waals surface area contributed by atoms with Gasteiger partial charge in [0.25, 0.3) is 5.91 Å². The van der Waals surface area contributed by atoms with Crippen LogP contribution in [0, 0.1) is 11.8 Å². The van der Waals surface area contributed by atoms with Gasteiger partial charge >= 0.3 is 0 Å². The number of hydrogen-bond donors (Lipinski definition) is 2. The molecule has 94 valence electrons. The van der Waals surface area contributed by atoms with Crippen molar-refractivity contribution in [2.45, 2.75) is 46.1 Å². The monoisotopic (exact) mass is 228 g/mol. The molecule has 1 saturated heterocycles. The molecule has 1 fully saturated rings. The maximum Gasteiger partial charge on any atom is 0.260 e. The first-order chi connectivity index (χ1) is 7.60. The lowest BCUT2D eigenvalue weighted by Crippen LogP contribution is -2.48. The predicted molar refractivity (Wildman–Crippen MR) is 63.1 cm³/mol. The predicted octanol–water partition coefficient (Wildman–Crippen LogP) is 1.64. The number of carbonyl (C=O) groups is 1. The van der Waals surface area contributed by atoms with Crippen LogP contribution in [-0.4, -0.2) is 35.1 Å². The average Bonchev–Trinajstić information content (AvgIpc) is 2.36. The van der Waals surface area contributed by atoms with Crippen LogP contribution in [0.25, 0.3) is 0 Å². The minimum absolute atomic E-state index is 0.220. The van der Waals surface area contributed by atoms with E-state index in [0.717, 1.165) is 37.8 Å². The third-order valence-electron chi connectivity index (χ3n) is 4.06. The zero-order valence-electron chi connectivity index (χ0n) is 10.6. The largest absolute Gasteiger partial charge is 0.292 e. The van der Waals surface area contributed by atoms with Crippen molar-refractivity contribution in [1.29, 1.82) is 0 Å². The first-order valence-corrected chi connectivity index (χ1v) is 6.28. The number of piperidine rings is 1. The second-order valence-electron chi connectivity index (χ2n) is 4.91. The normalized spacial score (nSPS) is 22.8. The fraction of sp³-hybridized carbons (Fsp3) is 0.917. The summed E-state index contributed by atoms with van der Waals surface area (Å²) >= 11 is 0. The molecule has 1 aliphatic heterocycles. The van der Waals surface area contributed by atoms with E-state index >= 15 is 0 Å². The molecule has 0 bridgehead atoms. The molecule has 0 aromatic carbocycles. The van der Waals surface area contributed by atoms with Gasteiger partial charge in [-0.1, -0.05) is 20.3 Å². The maximum absolute atomic E-state index is 11.3. The summed E-state index contributed by atoms with van der Waals surface area (Å²) < 4.78 is 0. The molecule has 0 aliphatic carbocycles. The van der Waals surface area contributed by atoms with Crippen LogP contribution in [0.15, 0.2) is 0 Å². The van der Waals surface area contributed by atoms with E-state index in [1.54, 1.807) is 5.48 Å². The number of amides is 1. The van der Waals surface area contributed by atoms with Gasteiger partial charge in [0.1, 0.15) is 0 Å². The molecule has 16 heavy (non-hydrogen) atoms. The van der Waals surface area contributed by atoms with Crippen LogP contribution in [0.1, 0.15) is 40.0 Å². The lowest BCUT2D eigenvalue weighted by atomic mass is 9.84. The van der Waals surface area contributed by atoms with Gasteiger partial charge in [0.2, 0.25) is 0 Å². The molecule has 2 unspecified atom stereocenters. The van der Waals surface area contributed by atoms with Gasteiger partial charge in [-0.25, -0.2) is 5.48 Å². The van der Waals surface area contributed by atoms with Crippen LogP contribution in [-0.2, 0) is 4.79 Å². The van der Waals surface area contributed by atoms with Gasteiger partial charge in [-0.05, 0) is 44.7 Å². The van der Waals surface area contributed by atoms with E-state index in [4.69, 9.17) is 5.21 Å². The Bertz CT molecular complexity index is 225. The van der Waals surface area contributed by atoms with Crippen molar-refractivity contribution in [2.75, 3.05) is 13.1 Å². The van der Waals surface area contributed by atoms with Crippen LogP contribution in [0.5, 0.6) is 0 Å². The average molecular weight is 228 g/mol. The summed E-state index contributed by atoms with van der Waals surface area (Å²) in [6.07, 6.45) is 3.56. The lowest BCUT2D eigenvalue weighted by molar-refractivity contribution is -0.134. The smallest absolute Gasteiger partial charge is 0.260 e. The summed E-state index contributed by atoms with van der Waals surface area (Å²) in [4.78, 5) is 13.4. The minimum Gasteiger partial charge on any atom is -0.292 e. The summed E-state index contributed by atoms with van der Waals surface area (Å²) in [5, 5.41) is 8.59. The van der Waals surface area contributed by atoms with Crippen LogP contribution < -0.4 is 5.48 Å². The van der Waals surface area contributed by atoms with Crippen LogP contribution >= 0.6 is 0 Å². The first kappa shape index (κ1) is 13.5. The summed E-state index contributed by atoms with van der Waals surface area (Å²) in [5.41, 5.74) is 1.73. The first-order valence-electron chi connectivity index (χ1n) is 6.28. The Labute approximate surface area is 98.0 Å². The third-order valence-corrected chi connectivity index (χ3v) is 4.06. The Hall–Kier alpha value is -0.610. The molecular formula is C12H24N2O2. The molecule has 1 heterocycles. The van der Waals surface area contributed by atoms with Crippen molar-refractivity contribution in [2.24, 2.45) is 11.8 Å². The lowest BCUT2D eigenvalue weighted by Gasteiger charge is -2.37. The number of hydrogen-bond acceptors (Lipinski definition) is 3. The zero-order chi connectivity index (χ0) is 12.1. The minimum atomic E-state index is -0.304. The van der Waals surface area contributed by atoms with Gasteiger partial charge in [-0.15, -0.1) is 0 Å². The highest BCUT2D eigenvalue weighted by atomic mass is 16.5. The highest BCUT2D eigenvalue weighted by Crippen LogP contribution is 2.27. The van der Waals surface area contributed by atoms with Crippen molar-refractivity contribution in [1.82, 2.24) is 10.4 Å². The molecule has 0 aromatic rings. The summed E-state index contributed by atoms with van der Waals surface area (Å²) in [6, 6.07) is -0.220. The second-order valence-corrected chi connectivity index (χ2v) is 4.91. The van der Waals surface area contributed by atoms with Gasteiger partial charge in [0.05, 0.1) is 6.04 Å². The zero-order valence-corrected chi connectivity index (χ0v) is 10.6. The number of rotatable bonds is 4. The number of carbonyl (C=O) groups excluding carboxylic acids is 1. The fourth-order valence-corrected chi connectivity index (χ4v) is 2.47. The standard InChI is InChI=1S/C12H24N2O2/c1-4-9(2)11-5-7-14(8-6-11)10(3)12(15)13-16/h9-11,16H,4-8H2,1-3H3,(H,13,15). The number of hydroxylamine groups is 1. The van der Waals surface area contributed by atoms with Gasteiger partial charge < -0.3 is 0 Å². The Balaban J connectivity index is 2.39. The fourth-order valence-electron chi connectivity index (χ4n) is 2.47. The molecule has 0 aromatic heterocycles. The molecule has 4 heteroatoms. The molecular weight excluding hydrogens is 204 g/mol. The van der Waals surface area contributed by atoms with Crippen molar-refractivity contribution in [3.8, 4) is 0 Å². The van der Waals surface area contributed by atoms with Gasteiger partial charge in [-0.2, -0.15) is 0 Å². The Morgan fingerprint density at radius 3 is 2.44 bits per heavy atom. The molecule has 0 radical (unpaired) electrons. The molecule has 0 saturated carbocycles. The van der Waals surface area contributed by atoms with E-state index in [1.807, 2.05) is 6.92 Å². The van der Waals surface area contributed by atoms with E-state index in [1.165, 1.54) is 6.42 Å². The Morgan fingerprint density at radius 2 is 2.00 bits per heavy atom. The van der Waals surface area contributed by atoms with E-state index in [0.29, 0.717) is 0 Å². The molecule has 1 aliphatic rings. The molecule has 1 amide bonds. The molecule has 2 N–H and O–H groups in total. The number of nitrogens with zero attached hydrogens (tertiary/aromatic N) is 1. The quantitative estimate of drug-likeness (QED) is 0.568. The summed E-state index contributed by atoms with van der Waals surface area (Å²) in [7, 11) is 0. The molecule has 0 spiro atoms. The van der Waals surface area contributed by atoms with Gasteiger partial charge in [0, 0.05) is 0 Å². The van der Waals surface area contributed by atoms with Crippen LogP contribution in [0.4, 0.5) is 0 Å². The second kappa shape index (κ2) is 6.21. The molecule has 2 atom stereocenters. The third kappa shape index (κ3) is 3.19. The maximum atomic E-state index is 11.3. The number of likely N-dealkylation sites (tertiary alicyclic amines) is 1. The van der Waals surface area contributed by atoms with Gasteiger partial charge in [0.15, 0.2) is 0 Å². The van der Waals surface area contributed by atoms with E-state index in [-0.39, 0.29) is 11.9 Å². The number of nitrogens with one attached hydrogen (secondary N) is 1. The van der Waals surface area contributed by atoms with Crippen molar-refractivity contribution >= 4 is 5.91 Å². The van der Waals surface area contributed by atoms with Crippen LogP contribution in [0.3, 0.4) is 0 Å². The highest BCUT2D eigenvalue weighted by Gasteiger charge is 2.28. The Morgan fingerprint density at radius 1 is 1.44 bits per heavy atom. The summed E-state index contributed by atoms with van der Waals surface area (Å²) in [6.45, 7) is 8.31.